The number of β-lactam (4-membered cyclic amide) rings is 1. The second-order valence-electron chi connectivity index (χ2n) is 6.49. The van der Waals surface area contributed by atoms with E-state index in [2.05, 4.69) is 5.32 Å². The fraction of sp³-hybridized carbons (Fsp3) is 0.389. The molecule has 3 N–H and O–H groups in total. The van der Waals surface area contributed by atoms with Crippen molar-refractivity contribution in [1.82, 2.24) is 10.2 Å². The Bertz CT molecular complexity index is 766. The highest BCUT2D eigenvalue weighted by molar-refractivity contribution is 6.06. The number of hydrogen-bond acceptors (Lipinski definition) is 4. The molecule has 0 aromatic heterocycles. The summed E-state index contributed by atoms with van der Waals surface area (Å²) in [5.41, 5.74) is 2.23. The molecule has 3 rings (SSSR count). The first kappa shape index (κ1) is 17.2. The van der Waals surface area contributed by atoms with Gasteiger partial charge in [0.15, 0.2) is 0 Å². The molecule has 7 nitrogen and oxygen atoms in total. The Hall–Kier alpha value is -2.67. The second-order valence-corrected chi connectivity index (χ2v) is 6.49. The van der Waals surface area contributed by atoms with E-state index in [-0.39, 0.29) is 23.6 Å². The highest BCUT2D eigenvalue weighted by Gasteiger charge is 2.56. The molecular weight excluding hydrogens is 324 g/mol. The van der Waals surface area contributed by atoms with E-state index in [0.717, 1.165) is 11.1 Å². The number of amides is 2. The van der Waals surface area contributed by atoms with Crippen molar-refractivity contribution in [1.29, 1.82) is 0 Å². The minimum Gasteiger partial charge on any atom is -0.477 e. The Morgan fingerprint density at radius 3 is 2.48 bits per heavy atom. The number of aliphatic carboxylic acids is 1. The van der Waals surface area contributed by atoms with Gasteiger partial charge in [0.25, 0.3) is 0 Å². The van der Waals surface area contributed by atoms with Gasteiger partial charge in [0.05, 0.1) is 18.1 Å². The zero-order valence-electron chi connectivity index (χ0n) is 14.0. The molecule has 0 aliphatic carbocycles. The minimum atomic E-state index is -1.14. The smallest absolute Gasteiger partial charge is 0.352 e. The summed E-state index contributed by atoms with van der Waals surface area (Å²) < 4.78 is 0. The number of aliphatic hydroxyl groups excluding tert-OH is 1. The normalized spacial score (nSPS) is 23.2. The number of carboxylic acids is 1. The zero-order chi connectivity index (χ0) is 18.3. The quantitative estimate of drug-likeness (QED) is 0.683. The number of benzene rings is 1. The van der Waals surface area contributed by atoms with E-state index in [1.54, 1.807) is 19.1 Å². The summed E-state index contributed by atoms with van der Waals surface area (Å²) in [6.07, 6.45) is -0.392. The van der Waals surface area contributed by atoms with E-state index in [9.17, 15) is 24.6 Å². The number of hydrogen-bond donors (Lipinski definition) is 3. The number of carbonyl (C=O) groups excluding carboxylic acids is 2. The first-order valence-electron chi connectivity index (χ1n) is 8.12. The summed E-state index contributed by atoms with van der Waals surface area (Å²) in [4.78, 5) is 36.1. The Morgan fingerprint density at radius 1 is 1.32 bits per heavy atom. The lowest BCUT2D eigenvalue weighted by Gasteiger charge is -2.44. The van der Waals surface area contributed by atoms with Crippen LogP contribution in [0.1, 0.15) is 31.4 Å². The molecule has 0 radical (unpaired) electrons. The Balaban J connectivity index is 1.87. The number of aliphatic hydroxyl groups is 1. The maximum absolute atomic E-state index is 12.2. The lowest BCUT2D eigenvalue weighted by atomic mass is 9.82. The number of fused-ring (bicyclic) bond motifs is 1. The Kier molecular flexibility index (Phi) is 4.34. The van der Waals surface area contributed by atoms with Crippen LogP contribution in [0.5, 0.6) is 0 Å². The molecule has 7 heteroatoms. The van der Waals surface area contributed by atoms with Gasteiger partial charge in [-0.2, -0.15) is 0 Å². The van der Waals surface area contributed by atoms with Gasteiger partial charge >= 0.3 is 5.97 Å². The SMILES string of the molecule is CC(=O)NCc1ccc(C2=C(C(=O)O)N3C(=O)[C@@H]([C@@H](C)O)[C@H]3C2)cc1. The highest BCUT2D eigenvalue weighted by Crippen LogP contribution is 2.46. The standard InChI is InChI=1S/C18H20N2O5/c1-9(21)15-14-7-13(16(18(24)25)20(14)17(15)23)12-5-3-11(4-6-12)8-19-10(2)22/h3-6,9,14-15,21H,7-8H2,1-2H3,(H,19,22)(H,24,25)/t9-,14-,15+/m1/s1. The van der Waals surface area contributed by atoms with E-state index in [0.29, 0.717) is 18.5 Å². The molecule has 0 bridgehead atoms. The number of nitrogens with zero attached hydrogens (tertiary/aromatic N) is 1. The topological polar surface area (TPSA) is 107 Å². The molecule has 0 spiro atoms. The molecule has 1 aromatic rings. The van der Waals surface area contributed by atoms with Crippen LogP contribution in [0, 0.1) is 5.92 Å². The molecule has 3 atom stereocenters. The third kappa shape index (κ3) is 2.91. The first-order valence-corrected chi connectivity index (χ1v) is 8.12. The zero-order valence-corrected chi connectivity index (χ0v) is 14.0. The van der Waals surface area contributed by atoms with Crippen molar-refractivity contribution in [2.45, 2.75) is 39.0 Å². The van der Waals surface area contributed by atoms with Crippen LogP contribution in [0.4, 0.5) is 0 Å². The van der Waals surface area contributed by atoms with Crippen molar-refractivity contribution in [3.8, 4) is 0 Å². The molecule has 1 aromatic carbocycles. The van der Waals surface area contributed by atoms with Crippen LogP contribution >= 0.6 is 0 Å². The fourth-order valence-corrected chi connectivity index (χ4v) is 3.58. The number of nitrogens with one attached hydrogen (secondary N) is 1. The lowest BCUT2D eigenvalue weighted by Crippen LogP contribution is -2.61. The molecule has 2 aliphatic rings. The molecular formula is C18H20N2O5. The molecule has 2 amide bonds. The van der Waals surface area contributed by atoms with Crippen molar-refractivity contribution in [3.05, 3.63) is 41.1 Å². The summed E-state index contributed by atoms with van der Waals surface area (Å²) in [6.45, 7) is 3.39. The van der Waals surface area contributed by atoms with Gasteiger partial charge in [-0.05, 0) is 30.0 Å². The van der Waals surface area contributed by atoms with Crippen LogP contribution in [0.3, 0.4) is 0 Å². The van der Waals surface area contributed by atoms with Gasteiger partial charge in [0, 0.05) is 13.5 Å². The van der Waals surface area contributed by atoms with Crippen molar-refractivity contribution in [3.63, 3.8) is 0 Å². The average molecular weight is 344 g/mol. The minimum absolute atomic E-state index is 0.00140. The largest absolute Gasteiger partial charge is 0.477 e. The number of carbonyl (C=O) groups is 3. The third-order valence-electron chi connectivity index (χ3n) is 4.77. The maximum Gasteiger partial charge on any atom is 0.352 e. The van der Waals surface area contributed by atoms with Gasteiger partial charge in [-0.3, -0.25) is 9.59 Å². The number of rotatable bonds is 5. The van der Waals surface area contributed by atoms with Gasteiger partial charge < -0.3 is 20.4 Å². The van der Waals surface area contributed by atoms with Crippen LogP contribution in [0.15, 0.2) is 30.0 Å². The summed E-state index contributed by atoms with van der Waals surface area (Å²) in [6, 6.07) is 6.93. The molecule has 2 heterocycles. The van der Waals surface area contributed by atoms with E-state index in [4.69, 9.17) is 0 Å². The first-order chi connectivity index (χ1) is 11.8. The molecule has 2 aliphatic heterocycles. The van der Waals surface area contributed by atoms with Crippen molar-refractivity contribution in [2.24, 2.45) is 5.92 Å². The molecule has 0 unspecified atom stereocenters. The van der Waals surface area contributed by atoms with Gasteiger partial charge in [-0.15, -0.1) is 0 Å². The van der Waals surface area contributed by atoms with E-state index >= 15 is 0 Å². The van der Waals surface area contributed by atoms with E-state index < -0.39 is 18.0 Å². The van der Waals surface area contributed by atoms with Gasteiger partial charge in [0.2, 0.25) is 11.8 Å². The maximum atomic E-state index is 12.2. The van der Waals surface area contributed by atoms with Crippen LogP contribution in [0.2, 0.25) is 0 Å². The highest BCUT2D eigenvalue weighted by atomic mass is 16.4. The molecule has 132 valence electrons. The Morgan fingerprint density at radius 2 is 1.96 bits per heavy atom. The third-order valence-corrected chi connectivity index (χ3v) is 4.77. The van der Waals surface area contributed by atoms with Crippen LogP contribution < -0.4 is 5.32 Å². The van der Waals surface area contributed by atoms with Gasteiger partial charge in [-0.1, -0.05) is 24.3 Å². The van der Waals surface area contributed by atoms with E-state index in [1.165, 1.54) is 11.8 Å². The molecule has 25 heavy (non-hydrogen) atoms. The monoisotopic (exact) mass is 344 g/mol. The van der Waals surface area contributed by atoms with E-state index in [1.807, 2.05) is 12.1 Å². The van der Waals surface area contributed by atoms with Crippen molar-refractivity contribution >= 4 is 23.4 Å². The van der Waals surface area contributed by atoms with Crippen LogP contribution in [-0.2, 0) is 20.9 Å². The summed E-state index contributed by atoms with van der Waals surface area (Å²) in [7, 11) is 0. The van der Waals surface area contributed by atoms with Gasteiger partial charge in [-0.25, -0.2) is 4.79 Å². The Labute approximate surface area is 144 Å². The van der Waals surface area contributed by atoms with Crippen molar-refractivity contribution < 1.29 is 24.6 Å². The second kappa shape index (κ2) is 6.33. The molecule has 1 fully saturated rings. The average Bonchev–Trinajstić information content (AvgIpc) is 2.88. The van der Waals surface area contributed by atoms with Crippen LogP contribution in [-0.4, -0.2) is 45.0 Å². The van der Waals surface area contributed by atoms with Crippen molar-refractivity contribution in [2.75, 3.05) is 0 Å². The predicted octanol–water partition coefficient (Wildman–Crippen LogP) is 0.730. The van der Waals surface area contributed by atoms with Crippen LogP contribution in [0.25, 0.3) is 5.57 Å². The summed E-state index contributed by atoms with van der Waals surface area (Å²) >= 11 is 0. The number of carboxylic acid groups (broad SMARTS) is 1. The van der Waals surface area contributed by atoms with Gasteiger partial charge in [0.1, 0.15) is 5.70 Å². The summed E-state index contributed by atoms with van der Waals surface area (Å²) in [5, 5.41) is 22.0. The molecule has 0 saturated carbocycles. The summed E-state index contributed by atoms with van der Waals surface area (Å²) in [5.74, 6) is -2.15. The fourth-order valence-electron chi connectivity index (χ4n) is 3.58. The predicted molar refractivity (Wildman–Crippen MR) is 88.9 cm³/mol. The molecule has 1 saturated heterocycles. The lowest BCUT2D eigenvalue weighted by molar-refractivity contribution is -0.161.